The van der Waals surface area contributed by atoms with E-state index in [1.807, 2.05) is 22.7 Å². The lowest BCUT2D eigenvalue weighted by molar-refractivity contribution is 0.109. The summed E-state index contributed by atoms with van der Waals surface area (Å²) in [6.45, 7) is 4.43. The highest BCUT2D eigenvalue weighted by atomic mass is 32.2. The Labute approximate surface area is 137 Å². The first-order chi connectivity index (χ1) is 10.8. The largest absolute Gasteiger partial charge is 0.376 e. The fraction of sp³-hybridized carbons (Fsp3) is 0.375. The molecule has 114 valence electrons. The van der Waals surface area contributed by atoms with E-state index in [9.17, 15) is 0 Å². The zero-order valence-corrected chi connectivity index (χ0v) is 14.0. The summed E-state index contributed by atoms with van der Waals surface area (Å²) in [6, 6.07) is 2.30. The van der Waals surface area contributed by atoms with Gasteiger partial charge < -0.3 is 10.1 Å². The van der Waals surface area contributed by atoms with Gasteiger partial charge in [-0.05, 0) is 30.4 Å². The van der Waals surface area contributed by atoms with Crippen LogP contribution in [0.4, 0.5) is 5.82 Å². The number of ether oxygens (including phenoxy) is 1. The molecule has 3 aromatic rings. The molecule has 0 aromatic carbocycles. The zero-order chi connectivity index (χ0) is 14.9. The number of rotatable bonds is 4. The molecule has 4 nitrogen and oxygen atoms in total. The molecule has 0 aliphatic carbocycles. The Balaban J connectivity index is 1.47. The highest BCUT2D eigenvalue weighted by molar-refractivity contribution is 7.37. The first-order valence-corrected chi connectivity index (χ1v) is 9.12. The van der Waals surface area contributed by atoms with Gasteiger partial charge >= 0.3 is 0 Å². The van der Waals surface area contributed by atoms with Gasteiger partial charge in [0.25, 0.3) is 0 Å². The van der Waals surface area contributed by atoms with Gasteiger partial charge in [-0.25, -0.2) is 9.97 Å². The second kappa shape index (κ2) is 5.95. The monoisotopic (exact) mass is 331 g/mol. The van der Waals surface area contributed by atoms with Crippen molar-refractivity contribution >= 4 is 37.9 Å². The molecule has 1 aliphatic rings. The molecule has 1 N–H and O–H groups in total. The second-order valence-electron chi connectivity index (χ2n) is 5.45. The van der Waals surface area contributed by atoms with Crippen molar-refractivity contribution in [1.29, 1.82) is 0 Å². The minimum absolute atomic E-state index is 0.616. The maximum atomic E-state index is 5.53. The van der Waals surface area contributed by atoms with Crippen LogP contribution in [0.5, 0.6) is 0 Å². The number of aryl methyl sites for hydroxylation is 1. The number of fused-ring (bicyclic) bond motifs is 2. The predicted molar refractivity (Wildman–Crippen MR) is 92.0 cm³/mol. The molecule has 0 saturated carbocycles. The summed E-state index contributed by atoms with van der Waals surface area (Å²) >= 11 is 3.73. The van der Waals surface area contributed by atoms with Crippen LogP contribution >= 0.6 is 22.7 Å². The average molecular weight is 331 g/mol. The lowest BCUT2D eigenvalue weighted by Crippen LogP contribution is -2.17. The summed E-state index contributed by atoms with van der Waals surface area (Å²) < 4.78 is 6.96. The van der Waals surface area contributed by atoms with Crippen LogP contribution in [-0.4, -0.2) is 23.1 Å². The van der Waals surface area contributed by atoms with Crippen LogP contribution in [0.25, 0.3) is 9.40 Å². The van der Waals surface area contributed by atoms with Gasteiger partial charge in [-0.3, -0.25) is 0 Å². The number of hydrogen-bond donors (Lipinski definition) is 1. The normalized spacial score (nSPS) is 14.2. The van der Waals surface area contributed by atoms with Crippen molar-refractivity contribution in [2.45, 2.75) is 26.4 Å². The van der Waals surface area contributed by atoms with Crippen molar-refractivity contribution in [3.8, 4) is 0 Å². The Morgan fingerprint density at radius 1 is 1.36 bits per heavy atom. The first-order valence-electron chi connectivity index (χ1n) is 7.42. The molecule has 4 rings (SSSR count). The number of anilines is 1. The van der Waals surface area contributed by atoms with E-state index in [1.165, 1.54) is 19.8 Å². The number of hydrogen-bond acceptors (Lipinski definition) is 6. The molecule has 0 unspecified atom stereocenters. The number of nitrogens with one attached hydrogen (secondary N) is 1. The van der Waals surface area contributed by atoms with Gasteiger partial charge in [0, 0.05) is 28.8 Å². The number of aromatic nitrogens is 2. The third-order valence-electron chi connectivity index (χ3n) is 3.93. The van der Waals surface area contributed by atoms with Crippen molar-refractivity contribution in [1.82, 2.24) is 9.97 Å². The van der Waals surface area contributed by atoms with E-state index in [-0.39, 0.29) is 0 Å². The minimum atomic E-state index is 0.616. The van der Waals surface area contributed by atoms with Crippen LogP contribution in [0.1, 0.15) is 21.7 Å². The molecule has 0 atom stereocenters. The first kappa shape index (κ1) is 14.1. The van der Waals surface area contributed by atoms with Crippen LogP contribution in [0.15, 0.2) is 17.8 Å². The summed E-state index contributed by atoms with van der Waals surface area (Å²) in [5.41, 5.74) is 3.67. The van der Waals surface area contributed by atoms with Gasteiger partial charge in [-0.1, -0.05) is 0 Å². The predicted octanol–water partition coefficient (Wildman–Crippen LogP) is 3.79. The van der Waals surface area contributed by atoms with Crippen LogP contribution in [-0.2, 0) is 24.2 Å². The molecule has 22 heavy (non-hydrogen) atoms. The molecule has 0 amide bonds. The molecule has 0 radical (unpaired) electrons. The van der Waals surface area contributed by atoms with Crippen LogP contribution in [0.3, 0.4) is 0 Å². The topological polar surface area (TPSA) is 47.0 Å². The van der Waals surface area contributed by atoms with Crippen molar-refractivity contribution in [3.05, 3.63) is 39.5 Å². The van der Waals surface area contributed by atoms with Gasteiger partial charge in [0.1, 0.15) is 12.1 Å². The zero-order valence-electron chi connectivity index (χ0n) is 12.4. The van der Waals surface area contributed by atoms with Crippen molar-refractivity contribution in [2.24, 2.45) is 0 Å². The van der Waals surface area contributed by atoms with Gasteiger partial charge in [-0.15, -0.1) is 22.7 Å². The molecule has 3 aromatic heterocycles. The van der Waals surface area contributed by atoms with Gasteiger partial charge in [-0.2, -0.15) is 0 Å². The van der Waals surface area contributed by atoms with E-state index >= 15 is 0 Å². The average Bonchev–Trinajstić information content (AvgIpc) is 3.07. The van der Waals surface area contributed by atoms with E-state index in [4.69, 9.17) is 4.74 Å². The van der Waals surface area contributed by atoms with Crippen molar-refractivity contribution < 1.29 is 4.74 Å². The standard InChI is InChI=1S/C16H17N3OS2/c1-10-6-12-11(8-21-16(12)22-10)2-4-17-15-13-7-20-5-3-14(13)18-9-19-15/h6,8-9H,2-5,7H2,1H3,(H,17,18,19). The smallest absolute Gasteiger partial charge is 0.135 e. The molecule has 4 heterocycles. The maximum absolute atomic E-state index is 5.53. The van der Waals surface area contributed by atoms with E-state index < -0.39 is 0 Å². The SMILES string of the molecule is Cc1cc2c(CCNc3ncnc4c3COCC4)csc2s1. The Bertz CT molecular complexity index is 809. The fourth-order valence-corrected chi connectivity index (χ4v) is 5.12. The summed E-state index contributed by atoms with van der Waals surface area (Å²) in [6.07, 6.45) is 3.54. The molecule has 0 saturated heterocycles. The highest BCUT2D eigenvalue weighted by Gasteiger charge is 2.15. The van der Waals surface area contributed by atoms with E-state index in [0.717, 1.165) is 43.1 Å². The Morgan fingerprint density at radius 2 is 2.32 bits per heavy atom. The fourth-order valence-electron chi connectivity index (χ4n) is 2.81. The summed E-state index contributed by atoms with van der Waals surface area (Å²) in [4.78, 5) is 10.1. The van der Waals surface area contributed by atoms with Crippen LogP contribution in [0, 0.1) is 6.92 Å². The third kappa shape index (κ3) is 2.62. The Hall–Kier alpha value is -1.50. The van der Waals surface area contributed by atoms with Crippen molar-refractivity contribution in [3.63, 3.8) is 0 Å². The minimum Gasteiger partial charge on any atom is -0.376 e. The molecule has 0 spiro atoms. The summed E-state index contributed by atoms with van der Waals surface area (Å²) in [7, 11) is 0. The van der Waals surface area contributed by atoms with Gasteiger partial charge in [0.15, 0.2) is 0 Å². The van der Waals surface area contributed by atoms with Crippen LogP contribution < -0.4 is 5.32 Å². The van der Waals surface area contributed by atoms with Gasteiger partial charge in [0.05, 0.1) is 22.9 Å². The molecule has 0 bridgehead atoms. The lowest BCUT2D eigenvalue weighted by atomic mass is 10.1. The van der Waals surface area contributed by atoms with E-state index in [0.29, 0.717) is 6.61 Å². The molecule has 1 aliphatic heterocycles. The van der Waals surface area contributed by atoms with Crippen molar-refractivity contribution in [2.75, 3.05) is 18.5 Å². The number of nitrogens with zero attached hydrogens (tertiary/aromatic N) is 2. The summed E-state index contributed by atoms with van der Waals surface area (Å²) in [5.74, 6) is 0.928. The second-order valence-corrected chi connectivity index (χ2v) is 7.84. The van der Waals surface area contributed by atoms with Gasteiger partial charge in [0.2, 0.25) is 0 Å². The maximum Gasteiger partial charge on any atom is 0.135 e. The molecular weight excluding hydrogens is 314 g/mol. The lowest BCUT2D eigenvalue weighted by Gasteiger charge is -2.18. The third-order valence-corrected chi connectivity index (χ3v) is 6.15. The molecule has 6 heteroatoms. The van der Waals surface area contributed by atoms with Crippen LogP contribution in [0.2, 0.25) is 0 Å². The Kier molecular flexibility index (Phi) is 3.82. The summed E-state index contributed by atoms with van der Waals surface area (Å²) in [5, 5.41) is 7.16. The molecular formula is C16H17N3OS2. The Morgan fingerprint density at radius 3 is 3.27 bits per heavy atom. The number of thiophene rings is 2. The quantitative estimate of drug-likeness (QED) is 0.790. The van der Waals surface area contributed by atoms with E-state index in [2.05, 4.69) is 33.7 Å². The molecule has 0 fully saturated rings. The van der Waals surface area contributed by atoms with E-state index in [1.54, 1.807) is 6.33 Å². The highest BCUT2D eigenvalue weighted by Crippen LogP contribution is 2.33.